The molecule has 1 aromatic heterocycles. The molecule has 10 heteroatoms. The van der Waals surface area contributed by atoms with Crippen molar-refractivity contribution in [2.75, 3.05) is 11.9 Å². The largest absolute Gasteiger partial charge is 0.394 e. The van der Waals surface area contributed by atoms with E-state index < -0.39 is 40.8 Å². The van der Waals surface area contributed by atoms with Crippen molar-refractivity contribution in [3.05, 3.63) is 27.0 Å². The summed E-state index contributed by atoms with van der Waals surface area (Å²) in [7, 11) is 0. The van der Waals surface area contributed by atoms with Crippen LogP contribution in [-0.2, 0) is 9.94 Å². The summed E-state index contributed by atoms with van der Waals surface area (Å²) in [6.45, 7) is 7.10. The summed E-state index contributed by atoms with van der Waals surface area (Å²) in [4.78, 5) is 26.8. The van der Waals surface area contributed by atoms with E-state index in [0.717, 1.165) is 5.06 Å². The lowest BCUT2D eigenvalue weighted by atomic mass is 9.79. The number of H-pyrrole nitrogens is 1. The molecule has 2 fully saturated rings. The molecule has 1 aromatic rings. The van der Waals surface area contributed by atoms with E-state index in [-0.39, 0.29) is 24.8 Å². The van der Waals surface area contributed by atoms with Gasteiger partial charge in [-0.25, -0.2) is 4.79 Å². The predicted octanol–water partition coefficient (Wildman–Crippen LogP) is -0.0437. The van der Waals surface area contributed by atoms with Gasteiger partial charge in [0.25, 0.3) is 5.56 Å². The van der Waals surface area contributed by atoms with Crippen LogP contribution in [0.5, 0.6) is 0 Å². The van der Waals surface area contributed by atoms with Crippen molar-refractivity contribution in [2.45, 2.75) is 82.5 Å². The second kappa shape index (κ2) is 7.27. The molecule has 10 nitrogen and oxygen atoms in total. The first-order valence-electron chi connectivity index (χ1n) is 9.48. The van der Waals surface area contributed by atoms with Crippen LogP contribution in [0.4, 0.5) is 5.69 Å². The third kappa shape index (κ3) is 3.87. The molecule has 28 heavy (non-hydrogen) atoms. The van der Waals surface area contributed by atoms with Crippen LogP contribution < -0.4 is 16.6 Å². The number of anilines is 1. The maximum absolute atomic E-state index is 12.5. The van der Waals surface area contributed by atoms with Crippen molar-refractivity contribution >= 4 is 5.69 Å². The van der Waals surface area contributed by atoms with Crippen LogP contribution in [-0.4, -0.2) is 60.8 Å². The van der Waals surface area contributed by atoms with E-state index in [2.05, 4.69) is 10.3 Å². The molecule has 0 aromatic carbocycles. The minimum atomic E-state index is -0.895. The van der Waals surface area contributed by atoms with Gasteiger partial charge < -0.3 is 20.3 Å². The molecule has 0 unspecified atom stereocenters. The van der Waals surface area contributed by atoms with Crippen molar-refractivity contribution < 1.29 is 20.2 Å². The molecule has 0 saturated carbocycles. The number of aromatic amines is 1. The maximum Gasteiger partial charge on any atom is 0.330 e. The molecule has 3 rings (SSSR count). The van der Waals surface area contributed by atoms with E-state index in [1.807, 2.05) is 27.7 Å². The van der Waals surface area contributed by atoms with Gasteiger partial charge in [0.15, 0.2) is 0 Å². The molecule has 2 saturated heterocycles. The standard InChI is InChI=1S/C18H29N4O6/c1-17(2)6-10(7-18(3,4)22(17)27)19-11-8-21(16(26)20-15(11)25)14-5-12(24)13(9-23)28-14/h8,10,12-14,19,23-24H,5-7,9H2,1-4H3,(H,20,25,26)/t12-,13+,14-/m0/s1. The molecule has 0 bridgehead atoms. The molecule has 1 radical (unpaired) electrons. The average Bonchev–Trinajstić information content (AvgIpc) is 2.95. The minimum absolute atomic E-state index is 0.130. The average molecular weight is 397 g/mol. The third-order valence-electron chi connectivity index (χ3n) is 5.61. The summed E-state index contributed by atoms with van der Waals surface area (Å²) in [5.41, 5.74) is -2.22. The van der Waals surface area contributed by atoms with E-state index >= 15 is 0 Å². The quantitative estimate of drug-likeness (QED) is 0.559. The number of piperidine rings is 1. The van der Waals surface area contributed by atoms with Gasteiger partial charge in [-0.3, -0.25) is 14.3 Å². The Morgan fingerprint density at radius 1 is 1.25 bits per heavy atom. The number of aromatic nitrogens is 2. The van der Waals surface area contributed by atoms with Crippen molar-refractivity contribution in [1.82, 2.24) is 14.6 Å². The molecule has 2 aliphatic rings. The Balaban J connectivity index is 1.86. The van der Waals surface area contributed by atoms with Crippen LogP contribution in [0.1, 0.15) is 53.2 Å². The summed E-state index contributed by atoms with van der Waals surface area (Å²) in [5, 5.41) is 35.9. The van der Waals surface area contributed by atoms with Crippen LogP contribution >= 0.6 is 0 Å². The molecule has 157 valence electrons. The number of rotatable bonds is 4. The normalized spacial score (nSPS) is 30.5. The molecule has 0 amide bonds. The summed E-state index contributed by atoms with van der Waals surface area (Å²) in [6.07, 6.45) is 0.116. The fraction of sp³-hybridized carbons (Fsp3) is 0.778. The number of aliphatic hydroxyl groups is 2. The molecule has 0 spiro atoms. The SMILES string of the molecule is CC1(C)CC(Nc2cn([C@@H]3C[C@H](O)[C@@H](CO)O3)c(=O)[nH]c2=O)CC(C)(C)N1[O]. The van der Waals surface area contributed by atoms with Crippen LogP contribution in [0.25, 0.3) is 0 Å². The number of hydroxylamine groups is 2. The van der Waals surface area contributed by atoms with E-state index in [9.17, 15) is 25.0 Å². The second-order valence-electron chi connectivity index (χ2n) is 8.99. The van der Waals surface area contributed by atoms with Crippen LogP contribution in [0, 0.1) is 0 Å². The highest BCUT2D eigenvalue weighted by Gasteiger charge is 2.46. The number of hydrogen-bond acceptors (Lipinski definition) is 7. The Hall–Kier alpha value is -1.72. The molecular weight excluding hydrogens is 368 g/mol. The number of hydrogen-bond donors (Lipinski definition) is 4. The Morgan fingerprint density at radius 3 is 2.39 bits per heavy atom. The van der Waals surface area contributed by atoms with Crippen LogP contribution in [0.15, 0.2) is 15.8 Å². The summed E-state index contributed by atoms with van der Waals surface area (Å²) >= 11 is 0. The fourth-order valence-corrected chi connectivity index (χ4v) is 4.44. The van der Waals surface area contributed by atoms with Gasteiger partial charge in [-0.1, -0.05) is 0 Å². The predicted molar refractivity (Wildman–Crippen MR) is 100 cm³/mol. The van der Waals surface area contributed by atoms with E-state index in [1.54, 1.807) is 0 Å². The van der Waals surface area contributed by atoms with Crippen molar-refractivity contribution in [2.24, 2.45) is 0 Å². The number of ether oxygens (including phenoxy) is 1. The minimum Gasteiger partial charge on any atom is -0.394 e. The maximum atomic E-state index is 12.5. The summed E-state index contributed by atoms with van der Waals surface area (Å²) in [5.74, 6) is 0. The highest BCUT2D eigenvalue weighted by atomic mass is 16.5. The second-order valence-corrected chi connectivity index (χ2v) is 8.99. The zero-order valence-corrected chi connectivity index (χ0v) is 16.6. The summed E-state index contributed by atoms with van der Waals surface area (Å²) < 4.78 is 6.73. The fourth-order valence-electron chi connectivity index (χ4n) is 4.44. The molecule has 0 aliphatic carbocycles. The van der Waals surface area contributed by atoms with Crippen molar-refractivity contribution in [1.29, 1.82) is 0 Å². The van der Waals surface area contributed by atoms with Gasteiger partial charge in [-0.05, 0) is 40.5 Å². The first-order chi connectivity index (χ1) is 12.9. The first-order valence-corrected chi connectivity index (χ1v) is 9.48. The Kier molecular flexibility index (Phi) is 5.45. The zero-order chi connectivity index (χ0) is 20.9. The highest BCUT2D eigenvalue weighted by Crippen LogP contribution is 2.38. The Labute approximate surface area is 162 Å². The van der Waals surface area contributed by atoms with Crippen LogP contribution in [0.2, 0.25) is 0 Å². The number of nitrogens with zero attached hydrogens (tertiary/aromatic N) is 2. The lowest BCUT2D eigenvalue weighted by Gasteiger charge is -2.50. The lowest BCUT2D eigenvalue weighted by molar-refractivity contribution is -0.288. The van der Waals surface area contributed by atoms with Gasteiger partial charge in [-0.2, -0.15) is 0 Å². The Bertz CT molecular complexity index is 814. The van der Waals surface area contributed by atoms with E-state index in [1.165, 1.54) is 10.8 Å². The molecular formula is C18H29N4O6. The highest BCUT2D eigenvalue weighted by molar-refractivity contribution is 5.39. The van der Waals surface area contributed by atoms with E-state index in [0.29, 0.717) is 12.8 Å². The molecule has 2 aliphatic heterocycles. The van der Waals surface area contributed by atoms with Crippen molar-refractivity contribution in [3.63, 3.8) is 0 Å². The molecule has 4 N–H and O–H groups in total. The lowest BCUT2D eigenvalue weighted by Crippen LogP contribution is -2.60. The van der Waals surface area contributed by atoms with Crippen LogP contribution in [0.3, 0.4) is 0 Å². The van der Waals surface area contributed by atoms with Gasteiger partial charge >= 0.3 is 5.69 Å². The topological polar surface area (TPSA) is 140 Å². The first kappa shape index (κ1) is 21.0. The Morgan fingerprint density at radius 2 is 1.86 bits per heavy atom. The summed E-state index contributed by atoms with van der Waals surface area (Å²) in [6, 6.07) is -0.137. The van der Waals surface area contributed by atoms with Gasteiger partial charge in [0.05, 0.1) is 12.7 Å². The molecule has 3 heterocycles. The van der Waals surface area contributed by atoms with Crippen molar-refractivity contribution in [3.8, 4) is 0 Å². The van der Waals surface area contributed by atoms with Gasteiger partial charge in [-0.15, -0.1) is 10.3 Å². The monoisotopic (exact) mass is 397 g/mol. The van der Waals surface area contributed by atoms with Gasteiger partial charge in [0.2, 0.25) is 0 Å². The third-order valence-corrected chi connectivity index (χ3v) is 5.61. The molecule has 3 atom stereocenters. The number of aliphatic hydroxyl groups excluding tert-OH is 2. The number of nitrogens with one attached hydrogen (secondary N) is 2. The van der Waals surface area contributed by atoms with E-state index in [4.69, 9.17) is 4.74 Å². The van der Waals surface area contributed by atoms with Gasteiger partial charge in [0.1, 0.15) is 18.0 Å². The smallest absolute Gasteiger partial charge is 0.330 e. The zero-order valence-electron chi connectivity index (χ0n) is 16.6. The van der Waals surface area contributed by atoms with Gasteiger partial charge in [0, 0.05) is 29.7 Å².